The molecule has 4 nitrogen and oxygen atoms in total. The van der Waals surface area contributed by atoms with Gasteiger partial charge in [0.15, 0.2) is 5.06 Å². The van der Waals surface area contributed by atoms with Crippen LogP contribution in [0.4, 0.5) is 0 Å². The second kappa shape index (κ2) is 10.3. The molecule has 0 spiro atoms. The number of furan rings is 1. The van der Waals surface area contributed by atoms with Crippen LogP contribution in [0.15, 0.2) is 40.8 Å². The largest absolute Gasteiger partial charge is 1.00 e. The van der Waals surface area contributed by atoms with E-state index in [4.69, 9.17) is 9.15 Å². The van der Waals surface area contributed by atoms with Crippen LogP contribution in [0, 0.1) is 0 Å². The minimum atomic E-state index is 0. The minimum absolute atomic E-state index is 0. The fourth-order valence-electron chi connectivity index (χ4n) is 3.92. The van der Waals surface area contributed by atoms with Crippen molar-refractivity contribution in [3.63, 3.8) is 0 Å². The third-order valence-electron chi connectivity index (χ3n) is 5.47. The van der Waals surface area contributed by atoms with Crippen molar-refractivity contribution in [3.05, 3.63) is 52.6 Å². The van der Waals surface area contributed by atoms with Crippen LogP contribution in [0.2, 0.25) is 0 Å². The highest BCUT2D eigenvalue weighted by atomic mass is 35.5. The van der Waals surface area contributed by atoms with Gasteiger partial charge in [0, 0.05) is 24.6 Å². The average molecular weight is 434 g/mol. The van der Waals surface area contributed by atoms with Gasteiger partial charge < -0.3 is 26.5 Å². The molecule has 3 heterocycles. The second-order valence-corrected chi connectivity index (χ2v) is 8.55. The molecular weight excluding hydrogens is 406 g/mol. The summed E-state index contributed by atoms with van der Waals surface area (Å²) < 4.78 is 11.9. The lowest BCUT2D eigenvalue weighted by molar-refractivity contribution is -0.887. The van der Waals surface area contributed by atoms with Gasteiger partial charge in [-0.05, 0) is 24.6 Å². The van der Waals surface area contributed by atoms with Gasteiger partial charge in [-0.15, -0.1) is 0 Å². The van der Waals surface area contributed by atoms with E-state index in [9.17, 15) is 4.79 Å². The third kappa shape index (κ3) is 5.03. The predicted octanol–water partition coefficient (Wildman–Crippen LogP) is 1.13. The lowest BCUT2D eigenvalue weighted by Crippen LogP contribution is -3.10. The number of ether oxygens (including phenoxy) is 1. The number of nitrogens with one attached hydrogen (secondary N) is 1. The van der Waals surface area contributed by atoms with Crippen molar-refractivity contribution < 1.29 is 31.3 Å². The Morgan fingerprint density at radius 3 is 2.76 bits per heavy atom. The van der Waals surface area contributed by atoms with Crippen LogP contribution in [0.25, 0.3) is 11.0 Å². The van der Waals surface area contributed by atoms with Crippen molar-refractivity contribution in [2.75, 3.05) is 26.2 Å². The van der Waals surface area contributed by atoms with Crippen LogP contribution in [-0.2, 0) is 6.42 Å². The summed E-state index contributed by atoms with van der Waals surface area (Å²) in [6.45, 7) is 6.41. The average Bonchev–Trinajstić information content (AvgIpc) is 3.45. The monoisotopic (exact) mass is 433 g/mol. The maximum Gasteiger partial charge on any atom is 0.207 e. The van der Waals surface area contributed by atoms with Crippen LogP contribution in [0.3, 0.4) is 0 Å². The van der Waals surface area contributed by atoms with Crippen molar-refractivity contribution >= 4 is 28.1 Å². The van der Waals surface area contributed by atoms with Gasteiger partial charge in [0.05, 0.1) is 23.5 Å². The summed E-state index contributed by atoms with van der Waals surface area (Å²) in [5.41, 5.74) is 1.51. The van der Waals surface area contributed by atoms with E-state index < -0.39 is 0 Å². The lowest BCUT2D eigenvalue weighted by atomic mass is 10.0. The fourth-order valence-corrected chi connectivity index (χ4v) is 4.75. The van der Waals surface area contributed by atoms with Gasteiger partial charge in [-0.25, -0.2) is 0 Å². The van der Waals surface area contributed by atoms with Crippen LogP contribution >= 0.6 is 11.3 Å². The van der Waals surface area contributed by atoms with Crippen molar-refractivity contribution in [1.82, 2.24) is 0 Å². The number of para-hydroxylation sites is 1. The molecule has 0 aliphatic carbocycles. The summed E-state index contributed by atoms with van der Waals surface area (Å²) in [7, 11) is 0. The molecule has 3 aromatic rings. The van der Waals surface area contributed by atoms with Crippen LogP contribution in [-0.4, -0.2) is 32.0 Å². The Kier molecular flexibility index (Phi) is 7.76. The molecule has 1 N–H and O–H groups in total. The van der Waals surface area contributed by atoms with Gasteiger partial charge in [0.1, 0.15) is 24.5 Å². The van der Waals surface area contributed by atoms with E-state index in [1.54, 1.807) is 4.90 Å². The molecule has 6 heteroatoms. The number of thiophene rings is 1. The Hall–Kier alpha value is -1.82. The Morgan fingerprint density at radius 2 is 1.97 bits per heavy atom. The van der Waals surface area contributed by atoms with E-state index in [1.807, 2.05) is 36.4 Å². The molecule has 0 atom stereocenters. The van der Waals surface area contributed by atoms with E-state index in [1.165, 1.54) is 37.3 Å². The molecule has 0 radical (unpaired) electrons. The van der Waals surface area contributed by atoms with Crippen LogP contribution in [0.1, 0.15) is 53.6 Å². The summed E-state index contributed by atoms with van der Waals surface area (Å²) in [5, 5.41) is 1.73. The molecule has 29 heavy (non-hydrogen) atoms. The molecule has 1 aliphatic heterocycles. The third-order valence-corrected chi connectivity index (χ3v) is 6.47. The Labute approximate surface area is 182 Å². The smallest absolute Gasteiger partial charge is 0.207 e. The predicted molar refractivity (Wildman–Crippen MR) is 113 cm³/mol. The maximum atomic E-state index is 13.3. The van der Waals surface area contributed by atoms with E-state index in [-0.39, 0.29) is 18.2 Å². The summed E-state index contributed by atoms with van der Waals surface area (Å²) in [4.78, 5) is 15.6. The number of rotatable bonds is 9. The molecule has 0 saturated carbocycles. The molecule has 156 valence electrons. The van der Waals surface area contributed by atoms with E-state index in [0.717, 1.165) is 53.2 Å². The number of hydrogen-bond acceptors (Lipinski definition) is 4. The van der Waals surface area contributed by atoms with E-state index in [2.05, 4.69) is 6.92 Å². The first-order valence-corrected chi connectivity index (χ1v) is 11.2. The summed E-state index contributed by atoms with van der Waals surface area (Å²) >= 11 is 1.44. The molecule has 1 aromatic carbocycles. The summed E-state index contributed by atoms with van der Waals surface area (Å²) in [6.07, 6.45) is 5.52. The van der Waals surface area contributed by atoms with Crippen LogP contribution in [0.5, 0.6) is 5.06 Å². The van der Waals surface area contributed by atoms with E-state index >= 15 is 0 Å². The van der Waals surface area contributed by atoms with Gasteiger partial charge >= 0.3 is 0 Å². The SMILES string of the molecule is CCCCc1oc2ccccc2c1C(=O)c1ccc(OCC[NH+]2CCCC2)s1.[Cl-]. The molecule has 1 fully saturated rings. The molecular formula is C23H28ClNO3S. The highest BCUT2D eigenvalue weighted by molar-refractivity contribution is 7.16. The molecule has 0 bridgehead atoms. The van der Waals surface area contributed by atoms with Gasteiger partial charge in [-0.1, -0.05) is 42.9 Å². The number of benzene rings is 1. The standard InChI is InChI=1S/C23H27NO3S.ClH/c1-2-3-9-19-22(17-8-4-5-10-18(17)27-19)23(25)20-11-12-21(28-20)26-16-15-24-13-6-7-14-24;/h4-5,8,10-12H,2-3,6-7,9,13-16H2,1H3;1H. The van der Waals surface area contributed by atoms with Gasteiger partial charge in [0.25, 0.3) is 0 Å². The molecule has 0 amide bonds. The number of quaternary nitrogens is 1. The topological polar surface area (TPSA) is 43.9 Å². The normalized spacial score (nSPS) is 14.2. The highest BCUT2D eigenvalue weighted by Crippen LogP contribution is 2.33. The number of likely N-dealkylation sites (tertiary alicyclic amines) is 1. The van der Waals surface area contributed by atoms with Gasteiger partial charge in [-0.2, -0.15) is 0 Å². The maximum absolute atomic E-state index is 13.3. The van der Waals surface area contributed by atoms with Crippen molar-refractivity contribution in [2.24, 2.45) is 0 Å². The number of halogens is 1. The van der Waals surface area contributed by atoms with Crippen molar-refractivity contribution in [1.29, 1.82) is 0 Å². The minimum Gasteiger partial charge on any atom is -1.00 e. The lowest BCUT2D eigenvalue weighted by Gasteiger charge is -2.11. The van der Waals surface area contributed by atoms with Gasteiger partial charge in [0.2, 0.25) is 5.78 Å². The number of unbranched alkanes of at least 4 members (excludes halogenated alkanes) is 1. The molecule has 2 aromatic heterocycles. The molecule has 0 unspecified atom stereocenters. The number of fused-ring (bicyclic) bond motifs is 1. The highest BCUT2D eigenvalue weighted by Gasteiger charge is 2.23. The first-order chi connectivity index (χ1) is 13.8. The van der Waals surface area contributed by atoms with Crippen molar-refractivity contribution in [2.45, 2.75) is 39.0 Å². The Balaban J connectivity index is 0.00000240. The Bertz CT molecular complexity index is 943. The van der Waals surface area contributed by atoms with Crippen molar-refractivity contribution in [3.8, 4) is 5.06 Å². The van der Waals surface area contributed by atoms with Gasteiger partial charge in [-0.3, -0.25) is 4.79 Å². The summed E-state index contributed by atoms with van der Waals surface area (Å²) in [5.74, 6) is 0.850. The Morgan fingerprint density at radius 1 is 1.17 bits per heavy atom. The molecule has 1 saturated heterocycles. The zero-order valence-electron chi connectivity index (χ0n) is 16.8. The van der Waals surface area contributed by atoms with E-state index in [0.29, 0.717) is 11.5 Å². The number of carbonyl (C=O) groups excluding carboxylic acids is 1. The van der Waals surface area contributed by atoms with Crippen LogP contribution < -0.4 is 22.0 Å². The number of aryl methyl sites for hydroxylation is 1. The number of carbonyl (C=O) groups is 1. The zero-order chi connectivity index (χ0) is 19.3. The zero-order valence-corrected chi connectivity index (χ0v) is 18.4. The first-order valence-electron chi connectivity index (χ1n) is 10.4. The molecule has 4 rings (SSSR count). The fraction of sp³-hybridized carbons (Fsp3) is 0.435. The quantitative estimate of drug-likeness (QED) is 0.514. The number of ketones is 1. The number of hydrogen-bond donors (Lipinski definition) is 1. The summed E-state index contributed by atoms with van der Waals surface area (Å²) in [6, 6.07) is 11.6. The molecule has 1 aliphatic rings. The first kappa shape index (κ1) is 21.9. The second-order valence-electron chi connectivity index (χ2n) is 7.50.